The summed E-state index contributed by atoms with van der Waals surface area (Å²) in [5.41, 5.74) is 0. The third kappa shape index (κ3) is 0.968. The Morgan fingerprint density at radius 1 is 1.00 bits per heavy atom. The van der Waals surface area contributed by atoms with Gasteiger partial charge in [0.25, 0.3) is 0 Å². The average molecular weight is 140 g/mol. The van der Waals surface area contributed by atoms with Crippen LogP contribution in [0, 0.1) is 11.8 Å². The van der Waals surface area contributed by atoms with Gasteiger partial charge in [-0.05, 0) is 43.9 Å². The predicted octanol–water partition coefficient (Wildman–Crippen LogP) is 2.21. The molecule has 0 spiro atoms. The molecule has 2 aliphatic carbocycles. The molecule has 0 aromatic rings. The van der Waals surface area contributed by atoms with E-state index in [0.29, 0.717) is 6.10 Å². The quantitative estimate of drug-likeness (QED) is 0.542. The second-order valence-corrected chi connectivity index (χ2v) is 3.77. The van der Waals surface area contributed by atoms with Crippen LogP contribution in [0.5, 0.6) is 0 Å². The summed E-state index contributed by atoms with van der Waals surface area (Å²) in [6.07, 6.45) is 7.68. The van der Waals surface area contributed by atoms with Crippen LogP contribution in [0.2, 0.25) is 0 Å². The van der Waals surface area contributed by atoms with Gasteiger partial charge in [-0.2, -0.15) is 0 Å². The highest BCUT2D eigenvalue weighted by atomic mass is 16.5. The molecule has 0 N–H and O–H groups in total. The number of fused-ring (bicyclic) bond motifs is 1. The first kappa shape index (κ1) is 6.66. The first-order chi connectivity index (χ1) is 4.90. The van der Waals surface area contributed by atoms with E-state index in [9.17, 15) is 0 Å². The van der Waals surface area contributed by atoms with Crippen molar-refractivity contribution in [1.82, 2.24) is 0 Å². The molecule has 0 saturated heterocycles. The van der Waals surface area contributed by atoms with Crippen molar-refractivity contribution < 1.29 is 4.74 Å². The smallest absolute Gasteiger partial charge is 0.0574 e. The van der Waals surface area contributed by atoms with E-state index < -0.39 is 0 Å². The van der Waals surface area contributed by atoms with Crippen molar-refractivity contribution in [3.8, 4) is 0 Å². The fourth-order valence-corrected chi connectivity index (χ4v) is 2.40. The van der Waals surface area contributed by atoms with Crippen molar-refractivity contribution in [1.29, 1.82) is 0 Å². The summed E-state index contributed by atoms with van der Waals surface area (Å²) in [6, 6.07) is 0. The zero-order valence-electron chi connectivity index (χ0n) is 6.68. The largest absolute Gasteiger partial charge is 0.381 e. The Balaban J connectivity index is 1.86. The van der Waals surface area contributed by atoms with E-state index in [1.54, 1.807) is 0 Å². The monoisotopic (exact) mass is 140 g/mol. The Kier molecular flexibility index (Phi) is 1.69. The molecule has 0 radical (unpaired) electrons. The Hall–Kier alpha value is -0.0400. The molecule has 10 heavy (non-hydrogen) atoms. The minimum Gasteiger partial charge on any atom is -0.381 e. The highest BCUT2D eigenvalue weighted by Gasteiger charge is 2.36. The van der Waals surface area contributed by atoms with Gasteiger partial charge in [-0.1, -0.05) is 0 Å². The molecule has 0 amide bonds. The van der Waals surface area contributed by atoms with Crippen LogP contribution >= 0.6 is 0 Å². The first-order valence-electron chi connectivity index (χ1n) is 4.43. The van der Waals surface area contributed by atoms with Gasteiger partial charge in [0.1, 0.15) is 0 Å². The van der Waals surface area contributed by atoms with Gasteiger partial charge in [-0.15, -0.1) is 0 Å². The summed E-state index contributed by atoms with van der Waals surface area (Å²) < 4.78 is 5.34. The van der Waals surface area contributed by atoms with Crippen LogP contribution in [-0.4, -0.2) is 13.2 Å². The Labute approximate surface area is 62.8 Å². The molecule has 2 saturated carbocycles. The molecule has 1 nitrogen and oxygen atoms in total. The zero-order valence-corrected chi connectivity index (χ0v) is 6.68. The van der Waals surface area contributed by atoms with Crippen molar-refractivity contribution >= 4 is 0 Å². The standard InChI is InChI=1S/C9H16O/c1-10-9-5-4-7-2-3-8(7)6-9/h7-9H,2-6H2,1H3. The van der Waals surface area contributed by atoms with Crippen LogP contribution in [0.3, 0.4) is 0 Å². The van der Waals surface area contributed by atoms with Crippen LogP contribution in [0.1, 0.15) is 32.1 Å². The topological polar surface area (TPSA) is 9.23 Å². The molecule has 58 valence electrons. The van der Waals surface area contributed by atoms with Gasteiger partial charge >= 0.3 is 0 Å². The maximum absolute atomic E-state index is 5.34. The lowest BCUT2D eigenvalue weighted by molar-refractivity contribution is -0.00774. The normalized spacial score (nSPS) is 45.9. The van der Waals surface area contributed by atoms with Gasteiger partial charge < -0.3 is 4.74 Å². The van der Waals surface area contributed by atoms with Gasteiger partial charge in [-0.25, -0.2) is 0 Å². The first-order valence-corrected chi connectivity index (χ1v) is 4.43. The van der Waals surface area contributed by atoms with Crippen molar-refractivity contribution in [2.75, 3.05) is 7.11 Å². The van der Waals surface area contributed by atoms with Gasteiger partial charge in [-0.3, -0.25) is 0 Å². The number of methoxy groups -OCH3 is 1. The maximum atomic E-state index is 5.34. The van der Waals surface area contributed by atoms with Gasteiger partial charge in [0.15, 0.2) is 0 Å². The third-order valence-corrected chi connectivity index (χ3v) is 3.33. The van der Waals surface area contributed by atoms with Crippen LogP contribution in [0.4, 0.5) is 0 Å². The van der Waals surface area contributed by atoms with E-state index >= 15 is 0 Å². The SMILES string of the molecule is COC1CCC2CCC2C1. The second-order valence-electron chi connectivity index (χ2n) is 3.77. The highest BCUT2D eigenvalue weighted by Crippen LogP contribution is 2.45. The summed E-state index contributed by atoms with van der Waals surface area (Å²) in [4.78, 5) is 0. The molecule has 2 fully saturated rings. The number of ether oxygens (including phenoxy) is 1. The van der Waals surface area contributed by atoms with E-state index in [0.717, 1.165) is 11.8 Å². The molecule has 3 unspecified atom stereocenters. The van der Waals surface area contributed by atoms with Crippen molar-refractivity contribution in [3.63, 3.8) is 0 Å². The summed E-state index contributed by atoms with van der Waals surface area (Å²) in [6.45, 7) is 0. The third-order valence-electron chi connectivity index (χ3n) is 3.33. The van der Waals surface area contributed by atoms with E-state index in [1.807, 2.05) is 7.11 Å². The Bertz CT molecular complexity index is 120. The van der Waals surface area contributed by atoms with Gasteiger partial charge in [0.05, 0.1) is 6.10 Å². The molecule has 0 heterocycles. The molecule has 0 bridgehead atoms. The van der Waals surface area contributed by atoms with Crippen LogP contribution in [0.15, 0.2) is 0 Å². The highest BCUT2D eigenvalue weighted by molar-refractivity contribution is 4.87. The molecule has 1 heteroatoms. The number of rotatable bonds is 1. The van der Waals surface area contributed by atoms with Crippen LogP contribution in [0.25, 0.3) is 0 Å². The van der Waals surface area contributed by atoms with Crippen molar-refractivity contribution in [3.05, 3.63) is 0 Å². The fraction of sp³-hybridized carbons (Fsp3) is 1.00. The molecule has 0 aromatic heterocycles. The van der Waals surface area contributed by atoms with E-state index in [4.69, 9.17) is 4.74 Å². The lowest BCUT2D eigenvalue weighted by Gasteiger charge is -2.43. The lowest BCUT2D eigenvalue weighted by atomic mass is 9.65. The maximum Gasteiger partial charge on any atom is 0.0574 e. The molecule has 0 aliphatic heterocycles. The molecular weight excluding hydrogens is 124 g/mol. The van der Waals surface area contributed by atoms with Gasteiger partial charge in [0.2, 0.25) is 0 Å². The summed E-state index contributed by atoms with van der Waals surface area (Å²) in [5.74, 6) is 2.13. The van der Waals surface area contributed by atoms with Crippen molar-refractivity contribution in [2.24, 2.45) is 11.8 Å². The average Bonchev–Trinajstić information content (AvgIpc) is 1.92. The molecular formula is C9H16O. The minimum atomic E-state index is 0.599. The van der Waals surface area contributed by atoms with Gasteiger partial charge in [0, 0.05) is 7.11 Å². The molecule has 2 rings (SSSR count). The number of hydrogen-bond donors (Lipinski definition) is 0. The summed E-state index contributed by atoms with van der Waals surface area (Å²) in [5, 5.41) is 0. The lowest BCUT2D eigenvalue weighted by Crippen LogP contribution is -2.35. The van der Waals surface area contributed by atoms with Crippen LogP contribution in [-0.2, 0) is 4.74 Å². The summed E-state index contributed by atoms with van der Waals surface area (Å²) >= 11 is 0. The molecule has 3 atom stereocenters. The second kappa shape index (κ2) is 2.54. The summed E-state index contributed by atoms with van der Waals surface area (Å²) in [7, 11) is 1.85. The van der Waals surface area contributed by atoms with Crippen molar-refractivity contribution in [2.45, 2.75) is 38.2 Å². The van der Waals surface area contributed by atoms with E-state index in [2.05, 4.69) is 0 Å². The molecule has 0 aromatic carbocycles. The van der Waals surface area contributed by atoms with E-state index in [1.165, 1.54) is 32.1 Å². The number of hydrogen-bond acceptors (Lipinski definition) is 1. The Morgan fingerprint density at radius 3 is 2.20 bits per heavy atom. The predicted molar refractivity (Wildman–Crippen MR) is 40.9 cm³/mol. The van der Waals surface area contributed by atoms with Crippen LogP contribution < -0.4 is 0 Å². The fourth-order valence-electron chi connectivity index (χ4n) is 2.40. The van der Waals surface area contributed by atoms with E-state index in [-0.39, 0.29) is 0 Å². The molecule has 2 aliphatic rings. The minimum absolute atomic E-state index is 0.599. The zero-order chi connectivity index (χ0) is 6.97. The Morgan fingerprint density at radius 2 is 1.70 bits per heavy atom.